The molecule has 2 rings (SSSR count). The van der Waals surface area contributed by atoms with Crippen molar-refractivity contribution in [3.8, 4) is 11.5 Å². The molecule has 3 atom stereocenters. The van der Waals surface area contributed by atoms with Gasteiger partial charge in [0.25, 0.3) is 0 Å². The molecule has 1 aromatic rings. The van der Waals surface area contributed by atoms with E-state index < -0.39 is 0 Å². The molecule has 2 heteroatoms. The lowest BCUT2D eigenvalue weighted by Gasteiger charge is -2.37. The molecule has 0 aromatic heterocycles. The average molecular weight is 471 g/mol. The average Bonchev–Trinajstić information content (AvgIpc) is 2.75. The van der Waals surface area contributed by atoms with Crippen LogP contribution in [0.25, 0.3) is 0 Å². The van der Waals surface area contributed by atoms with Crippen LogP contribution < -0.4 is 9.47 Å². The summed E-state index contributed by atoms with van der Waals surface area (Å²) in [7, 11) is 0. The normalized spacial score (nSPS) is 19.4. The number of ether oxygens (including phenoxy) is 2. The summed E-state index contributed by atoms with van der Waals surface area (Å²) in [5.41, 5.74) is 4.72. The molecule has 194 valence electrons. The van der Waals surface area contributed by atoms with Crippen molar-refractivity contribution in [2.45, 2.75) is 132 Å². The van der Waals surface area contributed by atoms with E-state index >= 15 is 0 Å². The summed E-state index contributed by atoms with van der Waals surface area (Å²) in [6.07, 6.45) is 14.2. The first kappa shape index (κ1) is 28.8. The van der Waals surface area contributed by atoms with Gasteiger partial charge in [-0.25, -0.2) is 0 Å². The lowest BCUT2D eigenvalue weighted by Crippen LogP contribution is -2.36. The summed E-state index contributed by atoms with van der Waals surface area (Å²) in [6, 6.07) is 2.20. The van der Waals surface area contributed by atoms with Crippen molar-refractivity contribution in [2.75, 3.05) is 6.61 Å². The third kappa shape index (κ3) is 9.31. The van der Waals surface area contributed by atoms with Gasteiger partial charge in [-0.1, -0.05) is 79.2 Å². The fraction of sp³-hybridized carbons (Fsp3) is 0.750. The second-order valence-electron chi connectivity index (χ2n) is 12.3. The van der Waals surface area contributed by atoms with Gasteiger partial charge < -0.3 is 9.47 Å². The summed E-state index contributed by atoms with van der Waals surface area (Å²) >= 11 is 0. The molecule has 1 aliphatic heterocycles. The number of aryl methyl sites for hydroxylation is 1. The van der Waals surface area contributed by atoms with Crippen molar-refractivity contribution in [3.63, 3.8) is 0 Å². The highest BCUT2D eigenvalue weighted by molar-refractivity contribution is 5.53. The molecule has 0 spiro atoms. The Bertz CT molecular complexity index is 778. The second-order valence-corrected chi connectivity index (χ2v) is 12.3. The molecule has 0 saturated heterocycles. The Labute approximate surface area is 211 Å². The van der Waals surface area contributed by atoms with Crippen LogP contribution in [0.5, 0.6) is 11.5 Å². The third-order valence-corrected chi connectivity index (χ3v) is 7.89. The van der Waals surface area contributed by atoms with E-state index in [4.69, 9.17) is 9.47 Å². The molecule has 2 nitrogen and oxygen atoms in total. The van der Waals surface area contributed by atoms with E-state index in [1.165, 1.54) is 68.1 Å². The van der Waals surface area contributed by atoms with Crippen LogP contribution in [0.3, 0.4) is 0 Å². The Morgan fingerprint density at radius 2 is 1.56 bits per heavy atom. The molecule has 0 radical (unpaired) electrons. The molecule has 1 heterocycles. The summed E-state index contributed by atoms with van der Waals surface area (Å²) < 4.78 is 12.7. The number of benzene rings is 1. The van der Waals surface area contributed by atoms with Crippen molar-refractivity contribution < 1.29 is 9.47 Å². The number of hydrogen-bond acceptors (Lipinski definition) is 2. The van der Waals surface area contributed by atoms with Gasteiger partial charge in [0, 0.05) is 0 Å². The Kier molecular flexibility index (Phi) is 11.5. The van der Waals surface area contributed by atoms with Gasteiger partial charge in [-0.05, 0) is 99.5 Å². The van der Waals surface area contributed by atoms with Crippen LogP contribution in [-0.4, -0.2) is 12.2 Å². The van der Waals surface area contributed by atoms with Crippen LogP contribution in [-0.2, 0) is 6.42 Å². The smallest absolute Gasteiger partial charge is 0.126 e. The number of rotatable bonds is 15. The van der Waals surface area contributed by atoms with Crippen LogP contribution in [0.2, 0.25) is 0 Å². The first-order valence-corrected chi connectivity index (χ1v) is 14.1. The maximum Gasteiger partial charge on any atom is 0.126 e. The molecule has 0 saturated carbocycles. The van der Waals surface area contributed by atoms with Gasteiger partial charge in [0.15, 0.2) is 0 Å². The van der Waals surface area contributed by atoms with E-state index in [0.717, 1.165) is 54.1 Å². The predicted molar refractivity (Wildman–Crippen MR) is 148 cm³/mol. The molecular formula is C32H54O2. The van der Waals surface area contributed by atoms with Gasteiger partial charge in [0.05, 0.1) is 0 Å². The molecule has 1 aromatic carbocycles. The van der Waals surface area contributed by atoms with Gasteiger partial charge in [-0.3, -0.25) is 0 Å². The van der Waals surface area contributed by atoms with E-state index in [0.29, 0.717) is 6.61 Å². The summed E-state index contributed by atoms with van der Waals surface area (Å²) in [5.74, 6) is 4.64. The fourth-order valence-electron chi connectivity index (χ4n) is 5.28. The minimum atomic E-state index is -0.0467. The van der Waals surface area contributed by atoms with Gasteiger partial charge in [0.2, 0.25) is 0 Å². The van der Waals surface area contributed by atoms with Crippen LogP contribution >= 0.6 is 0 Å². The Balaban J connectivity index is 1.77. The quantitative estimate of drug-likeness (QED) is 0.237. The third-order valence-electron chi connectivity index (χ3n) is 7.89. The molecule has 34 heavy (non-hydrogen) atoms. The minimum absolute atomic E-state index is 0.0467. The van der Waals surface area contributed by atoms with E-state index in [1.54, 1.807) is 0 Å². The van der Waals surface area contributed by atoms with Gasteiger partial charge >= 0.3 is 0 Å². The van der Waals surface area contributed by atoms with E-state index in [-0.39, 0.29) is 5.60 Å². The van der Waals surface area contributed by atoms with Crippen molar-refractivity contribution >= 4 is 0 Å². The number of hydrogen-bond donors (Lipinski definition) is 0. The SMILES string of the molecule is C=C(C)COc1cc2c(c(C)c1C)OC(C)(CCCC(C)CCCC(C)CCCC(C)C)CC2. The molecule has 0 bridgehead atoms. The zero-order valence-corrected chi connectivity index (χ0v) is 23.8. The topological polar surface area (TPSA) is 18.5 Å². The monoisotopic (exact) mass is 470 g/mol. The minimum Gasteiger partial charge on any atom is -0.489 e. The van der Waals surface area contributed by atoms with Crippen LogP contribution in [0.1, 0.15) is 122 Å². The van der Waals surface area contributed by atoms with Crippen molar-refractivity contribution in [1.82, 2.24) is 0 Å². The zero-order valence-electron chi connectivity index (χ0n) is 23.8. The molecule has 0 fully saturated rings. The number of fused-ring (bicyclic) bond motifs is 1. The molecule has 0 N–H and O–H groups in total. The van der Waals surface area contributed by atoms with Crippen LogP contribution in [0.15, 0.2) is 18.2 Å². The van der Waals surface area contributed by atoms with Gasteiger partial charge in [0.1, 0.15) is 23.7 Å². The summed E-state index contributed by atoms with van der Waals surface area (Å²) in [6.45, 7) is 22.8. The van der Waals surface area contributed by atoms with E-state index in [1.807, 2.05) is 6.92 Å². The Morgan fingerprint density at radius 1 is 0.971 bits per heavy atom. The molecular weight excluding hydrogens is 416 g/mol. The molecule has 3 unspecified atom stereocenters. The van der Waals surface area contributed by atoms with Crippen LogP contribution in [0, 0.1) is 31.6 Å². The fourth-order valence-corrected chi connectivity index (χ4v) is 5.28. The second kappa shape index (κ2) is 13.6. The van der Waals surface area contributed by atoms with Crippen molar-refractivity contribution in [2.24, 2.45) is 17.8 Å². The molecule has 0 aliphatic carbocycles. The summed E-state index contributed by atoms with van der Waals surface area (Å²) in [4.78, 5) is 0. The standard InChI is InChI=1S/C32H54O2/c1-23(2)13-10-14-25(5)15-11-16-26(6)17-12-19-32(9)20-18-29-21-30(33-22-24(3)4)27(7)28(8)31(29)34-32/h21,23,25-26H,3,10-20,22H2,1-2,4-9H3. The van der Waals surface area contributed by atoms with Crippen molar-refractivity contribution in [3.05, 3.63) is 34.9 Å². The summed E-state index contributed by atoms with van der Waals surface area (Å²) in [5, 5.41) is 0. The molecule has 0 amide bonds. The zero-order chi connectivity index (χ0) is 25.3. The van der Waals surface area contributed by atoms with Crippen molar-refractivity contribution in [1.29, 1.82) is 0 Å². The maximum atomic E-state index is 6.69. The largest absolute Gasteiger partial charge is 0.489 e. The predicted octanol–water partition coefficient (Wildman–Crippen LogP) is 9.78. The van der Waals surface area contributed by atoms with Crippen LogP contribution in [0.4, 0.5) is 0 Å². The highest BCUT2D eigenvalue weighted by atomic mass is 16.5. The highest BCUT2D eigenvalue weighted by Crippen LogP contribution is 2.42. The van der Waals surface area contributed by atoms with E-state index in [2.05, 4.69) is 61.1 Å². The Hall–Kier alpha value is -1.44. The first-order chi connectivity index (χ1) is 16.0. The molecule has 1 aliphatic rings. The lowest BCUT2D eigenvalue weighted by molar-refractivity contribution is 0.0513. The highest BCUT2D eigenvalue weighted by Gasteiger charge is 2.33. The maximum absolute atomic E-state index is 6.69. The Morgan fingerprint density at radius 3 is 2.15 bits per heavy atom. The first-order valence-electron chi connectivity index (χ1n) is 14.1. The van der Waals surface area contributed by atoms with E-state index in [9.17, 15) is 0 Å². The van der Waals surface area contributed by atoms with Gasteiger partial charge in [-0.15, -0.1) is 0 Å². The lowest BCUT2D eigenvalue weighted by atomic mass is 9.85. The van der Waals surface area contributed by atoms with Gasteiger partial charge in [-0.2, -0.15) is 0 Å².